The maximum absolute atomic E-state index is 12.4. The molecular weight excluding hydrogens is 392 g/mol. The molecule has 10 nitrogen and oxygen atoms in total. The Hall–Kier alpha value is -3.17. The fourth-order valence-corrected chi connectivity index (χ4v) is 2.60. The van der Waals surface area contributed by atoms with Crippen molar-refractivity contribution >= 4 is 17.3 Å². The molecule has 1 aromatic heterocycles. The number of nitrogens with one attached hydrogen (secondary N) is 1. The minimum Gasteiger partial charge on any atom is -0.490 e. The van der Waals surface area contributed by atoms with Crippen LogP contribution in [0.2, 0.25) is 0 Å². The molecule has 0 aliphatic heterocycles. The Labute approximate surface area is 175 Å². The molecule has 0 atom stereocenters. The SMILES string of the molecule is CCCOc1cc(NC(=O)CCc2nc(CCC)no2)c([N+](=O)[O-])cc1OCCC. The normalized spacial score (nSPS) is 10.6. The molecule has 1 amide bonds. The molecule has 10 heteroatoms. The molecule has 1 N–H and O–H groups in total. The summed E-state index contributed by atoms with van der Waals surface area (Å²) in [6.45, 7) is 6.71. The van der Waals surface area contributed by atoms with Gasteiger partial charge in [-0.3, -0.25) is 14.9 Å². The summed E-state index contributed by atoms with van der Waals surface area (Å²) in [6, 6.07) is 2.72. The van der Waals surface area contributed by atoms with Gasteiger partial charge in [0.25, 0.3) is 5.69 Å². The molecule has 0 aliphatic carbocycles. The number of anilines is 1. The third-order valence-corrected chi connectivity index (χ3v) is 4.01. The molecule has 1 heterocycles. The van der Waals surface area contributed by atoms with Gasteiger partial charge >= 0.3 is 0 Å². The van der Waals surface area contributed by atoms with Crippen LogP contribution in [-0.2, 0) is 17.6 Å². The third kappa shape index (κ3) is 6.71. The van der Waals surface area contributed by atoms with Gasteiger partial charge in [0.15, 0.2) is 17.3 Å². The summed E-state index contributed by atoms with van der Waals surface area (Å²) in [6.07, 6.45) is 3.39. The van der Waals surface area contributed by atoms with E-state index in [1.165, 1.54) is 12.1 Å². The van der Waals surface area contributed by atoms with Gasteiger partial charge < -0.3 is 19.3 Å². The van der Waals surface area contributed by atoms with E-state index in [1.54, 1.807) is 0 Å². The Morgan fingerprint density at radius 2 is 1.77 bits per heavy atom. The Kier molecular flexibility index (Phi) is 9.04. The summed E-state index contributed by atoms with van der Waals surface area (Å²) in [5.74, 6) is 1.19. The zero-order chi connectivity index (χ0) is 21.9. The van der Waals surface area contributed by atoms with E-state index in [0.29, 0.717) is 37.1 Å². The summed E-state index contributed by atoms with van der Waals surface area (Å²) in [5, 5.41) is 18.0. The maximum atomic E-state index is 12.4. The van der Waals surface area contributed by atoms with Crippen LogP contribution in [0.15, 0.2) is 16.7 Å². The lowest BCUT2D eigenvalue weighted by Gasteiger charge is -2.14. The van der Waals surface area contributed by atoms with Gasteiger partial charge in [-0.15, -0.1) is 0 Å². The predicted octanol–water partition coefficient (Wildman–Crippen LogP) is 4.08. The Balaban J connectivity index is 2.14. The van der Waals surface area contributed by atoms with Crippen molar-refractivity contribution in [2.45, 2.75) is 59.3 Å². The topological polar surface area (TPSA) is 130 Å². The molecule has 1 aromatic carbocycles. The number of nitrogens with zero attached hydrogens (tertiary/aromatic N) is 3. The quantitative estimate of drug-likeness (QED) is 0.379. The highest BCUT2D eigenvalue weighted by Crippen LogP contribution is 2.38. The molecule has 0 bridgehead atoms. The van der Waals surface area contributed by atoms with Crippen LogP contribution < -0.4 is 14.8 Å². The lowest BCUT2D eigenvalue weighted by Crippen LogP contribution is -2.14. The number of hydrogen-bond acceptors (Lipinski definition) is 8. The lowest BCUT2D eigenvalue weighted by molar-refractivity contribution is -0.384. The zero-order valence-electron chi connectivity index (χ0n) is 17.6. The number of nitro benzene ring substituents is 1. The number of ether oxygens (including phenoxy) is 2. The van der Waals surface area contributed by atoms with E-state index in [4.69, 9.17) is 14.0 Å². The average molecular weight is 420 g/mol. The molecule has 0 radical (unpaired) electrons. The van der Waals surface area contributed by atoms with Crippen LogP contribution in [0, 0.1) is 10.1 Å². The molecule has 0 saturated heterocycles. The van der Waals surface area contributed by atoms with Gasteiger partial charge in [-0.25, -0.2) is 0 Å². The Morgan fingerprint density at radius 1 is 1.10 bits per heavy atom. The maximum Gasteiger partial charge on any atom is 0.296 e. The van der Waals surface area contributed by atoms with Gasteiger partial charge in [-0.2, -0.15) is 4.98 Å². The van der Waals surface area contributed by atoms with Gasteiger partial charge in [-0.05, 0) is 19.3 Å². The number of nitro groups is 1. The molecule has 0 aliphatic rings. The van der Waals surface area contributed by atoms with E-state index >= 15 is 0 Å². The van der Waals surface area contributed by atoms with Crippen LogP contribution >= 0.6 is 0 Å². The van der Waals surface area contributed by atoms with Gasteiger partial charge in [-0.1, -0.05) is 25.9 Å². The largest absolute Gasteiger partial charge is 0.490 e. The van der Waals surface area contributed by atoms with Crippen LogP contribution in [0.1, 0.15) is 58.2 Å². The summed E-state index contributed by atoms with van der Waals surface area (Å²) >= 11 is 0. The number of benzene rings is 1. The number of carbonyl (C=O) groups excluding carboxylic acids is 1. The summed E-state index contributed by atoms with van der Waals surface area (Å²) in [7, 11) is 0. The van der Waals surface area contributed by atoms with Crippen LogP contribution in [0.25, 0.3) is 0 Å². The van der Waals surface area contributed by atoms with Crippen molar-refractivity contribution in [1.82, 2.24) is 10.1 Å². The summed E-state index contributed by atoms with van der Waals surface area (Å²) in [4.78, 5) is 27.6. The van der Waals surface area contributed by atoms with E-state index in [0.717, 1.165) is 19.3 Å². The second-order valence-electron chi connectivity index (χ2n) is 6.67. The molecule has 164 valence electrons. The number of hydrogen-bond donors (Lipinski definition) is 1. The first-order chi connectivity index (χ1) is 14.5. The molecule has 2 rings (SSSR count). The number of rotatable bonds is 13. The van der Waals surface area contributed by atoms with Crippen LogP contribution in [-0.4, -0.2) is 34.2 Å². The molecule has 0 fully saturated rings. The summed E-state index contributed by atoms with van der Waals surface area (Å²) < 4.78 is 16.4. The van der Waals surface area contributed by atoms with Crippen molar-refractivity contribution in [2.24, 2.45) is 0 Å². The number of carbonyl (C=O) groups is 1. The first kappa shape index (κ1) is 23.1. The third-order valence-electron chi connectivity index (χ3n) is 4.01. The minimum absolute atomic E-state index is 0.0458. The molecule has 2 aromatic rings. The van der Waals surface area contributed by atoms with E-state index in [-0.39, 0.29) is 30.0 Å². The highest BCUT2D eigenvalue weighted by molar-refractivity contribution is 5.93. The van der Waals surface area contributed by atoms with Gasteiger partial charge in [0.1, 0.15) is 5.69 Å². The fourth-order valence-electron chi connectivity index (χ4n) is 2.60. The van der Waals surface area contributed by atoms with E-state index in [2.05, 4.69) is 15.5 Å². The van der Waals surface area contributed by atoms with Crippen molar-refractivity contribution in [3.05, 3.63) is 34.0 Å². The van der Waals surface area contributed by atoms with Crippen LogP contribution in [0.5, 0.6) is 11.5 Å². The Bertz CT molecular complexity index is 852. The van der Waals surface area contributed by atoms with E-state index in [1.807, 2.05) is 20.8 Å². The molecule has 0 unspecified atom stereocenters. The number of aromatic nitrogens is 2. The van der Waals surface area contributed by atoms with Crippen molar-refractivity contribution in [2.75, 3.05) is 18.5 Å². The number of amides is 1. The smallest absolute Gasteiger partial charge is 0.296 e. The van der Waals surface area contributed by atoms with E-state index in [9.17, 15) is 14.9 Å². The first-order valence-electron chi connectivity index (χ1n) is 10.2. The highest BCUT2D eigenvalue weighted by Gasteiger charge is 2.22. The minimum atomic E-state index is -0.562. The van der Waals surface area contributed by atoms with Gasteiger partial charge in [0.05, 0.1) is 24.2 Å². The predicted molar refractivity (Wildman–Crippen MR) is 110 cm³/mol. The van der Waals surface area contributed by atoms with Crippen LogP contribution in [0.4, 0.5) is 11.4 Å². The van der Waals surface area contributed by atoms with Crippen LogP contribution in [0.3, 0.4) is 0 Å². The van der Waals surface area contributed by atoms with Crippen molar-refractivity contribution in [3.8, 4) is 11.5 Å². The summed E-state index contributed by atoms with van der Waals surface area (Å²) in [5.41, 5.74) is -0.210. The fraction of sp³-hybridized carbons (Fsp3) is 0.550. The molecule has 0 spiro atoms. The average Bonchev–Trinajstić information content (AvgIpc) is 3.17. The second kappa shape index (κ2) is 11.7. The van der Waals surface area contributed by atoms with Crippen molar-refractivity contribution in [1.29, 1.82) is 0 Å². The molecular formula is C20H28N4O6. The van der Waals surface area contributed by atoms with Crippen molar-refractivity contribution < 1.29 is 23.7 Å². The lowest BCUT2D eigenvalue weighted by atomic mass is 10.2. The monoisotopic (exact) mass is 420 g/mol. The van der Waals surface area contributed by atoms with Crippen molar-refractivity contribution in [3.63, 3.8) is 0 Å². The standard InChI is InChI=1S/C20H28N4O6/c1-4-7-18-22-20(30-23-18)9-8-19(25)21-14-12-16(28-10-5-2)17(29-11-6-3)13-15(14)24(26)27/h12-13H,4-11H2,1-3H3,(H,21,25). The van der Waals surface area contributed by atoms with E-state index < -0.39 is 10.8 Å². The van der Waals surface area contributed by atoms with Gasteiger partial charge in [0.2, 0.25) is 11.8 Å². The Morgan fingerprint density at radius 3 is 2.37 bits per heavy atom. The highest BCUT2D eigenvalue weighted by atomic mass is 16.6. The second-order valence-corrected chi connectivity index (χ2v) is 6.67. The molecule has 30 heavy (non-hydrogen) atoms. The number of aryl methyl sites for hydroxylation is 2. The van der Waals surface area contributed by atoms with Gasteiger partial charge in [0, 0.05) is 25.3 Å². The zero-order valence-corrected chi connectivity index (χ0v) is 17.6. The first-order valence-corrected chi connectivity index (χ1v) is 10.2. The molecule has 0 saturated carbocycles.